The molecule has 0 spiro atoms. The second-order valence-corrected chi connectivity index (χ2v) is 8.33. The van der Waals surface area contributed by atoms with Crippen LogP contribution in [0.1, 0.15) is 23.4 Å². The van der Waals surface area contributed by atoms with E-state index in [4.69, 9.17) is 4.74 Å². The van der Waals surface area contributed by atoms with Crippen molar-refractivity contribution in [3.8, 4) is 5.69 Å². The van der Waals surface area contributed by atoms with Gasteiger partial charge in [0.2, 0.25) is 0 Å². The Kier molecular flexibility index (Phi) is 5.79. The van der Waals surface area contributed by atoms with Gasteiger partial charge in [-0.3, -0.25) is 14.5 Å². The van der Waals surface area contributed by atoms with Crippen molar-refractivity contribution in [1.29, 1.82) is 0 Å². The summed E-state index contributed by atoms with van der Waals surface area (Å²) < 4.78 is 7.23. The lowest BCUT2D eigenvalue weighted by Gasteiger charge is -2.13. The number of nitrogens with zero attached hydrogens (tertiary/aromatic N) is 2. The molecule has 1 saturated heterocycles. The molecule has 4 rings (SSSR count). The van der Waals surface area contributed by atoms with Crippen molar-refractivity contribution in [2.45, 2.75) is 20.3 Å². The molecular formula is C24H24N2O3S. The molecule has 0 N–H and O–H groups in total. The van der Waals surface area contributed by atoms with Crippen LogP contribution in [0.4, 0.5) is 4.79 Å². The van der Waals surface area contributed by atoms with E-state index in [0.29, 0.717) is 24.5 Å². The number of aromatic nitrogens is 1. The van der Waals surface area contributed by atoms with Gasteiger partial charge in [0.15, 0.2) is 0 Å². The van der Waals surface area contributed by atoms with Crippen LogP contribution < -0.4 is 0 Å². The van der Waals surface area contributed by atoms with E-state index in [1.165, 1.54) is 15.7 Å². The number of carbonyl (C=O) groups excluding carboxylic acids is 2. The van der Waals surface area contributed by atoms with Crippen LogP contribution in [0.15, 0.2) is 53.4 Å². The Hall–Kier alpha value is -2.83. The van der Waals surface area contributed by atoms with Crippen LogP contribution in [-0.2, 0) is 9.53 Å². The fourth-order valence-corrected chi connectivity index (χ4v) is 4.76. The fourth-order valence-electron chi connectivity index (χ4n) is 3.91. The van der Waals surface area contributed by atoms with Crippen molar-refractivity contribution in [3.63, 3.8) is 0 Å². The standard InChI is InChI=1S/C24H24N2O3S/c1-16-14-19(15-22-23(27)25(24(28)30-22)12-7-13-29-3)17(2)26(16)21-11-6-9-18-8-4-5-10-20(18)21/h4-6,8-11,14-15H,7,12-13H2,1-3H3/b22-15+. The van der Waals surface area contributed by atoms with Crippen molar-refractivity contribution in [1.82, 2.24) is 9.47 Å². The molecule has 1 aromatic heterocycles. The molecule has 3 aromatic rings. The number of aryl methyl sites for hydroxylation is 1. The van der Waals surface area contributed by atoms with E-state index in [1.807, 2.05) is 25.1 Å². The molecule has 2 heterocycles. The summed E-state index contributed by atoms with van der Waals surface area (Å²) in [4.78, 5) is 26.8. The SMILES string of the molecule is COCCCN1C(=O)S/C(=C/c2cc(C)n(-c3cccc4ccccc34)c2C)C1=O. The minimum absolute atomic E-state index is 0.217. The molecule has 5 nitrogen and oxygen atoms in total. The predicted octanol–water partition coefficient (Wildman–Crippen LogP) is 5.32. The summed E-state index contributed by atoms with van der Waals surface area (Å²) in [7, 11) is 1.61. The highest BCUT2D eigenvalue weighted by atomic mass is 32.2. The average Bonchev–Trinajstić information content (AvgIpc) is 3.17. The molecule has 0 atom stereocenters. The number of ether oxygens (including phenoxy) is 1. The van der Waals surface area contributed by atoms with Crippen LogP contribution in [0.5, 0.6) is 0 Å². The van der Waals surface area contributed by atoms with Gasteiger partial charge in [0.05, 0.1) is 10.6 Å². The number of benzene rings is 2. The van der Waals surface area contributed by atoms with E-state index in [1.54, 1.807) is 7.11 Å². The van der Waals surface area contributed by atoms with Crippen LogP contribution in [0.25, 0.3) is 22.5 Å². The Morgan fingerprint density at radius 3 is 2.63 bits per heavy atom. The maximum absolute atomic E-state index is 12.7. The van der Waals surface area contributed by atoms with Gasteiger partial charge in [-0.15, -0.1) is 0 Å². The zero-order chi connectivity index (χ0) is 21.3. The number of fused-ring (bicyclic) bond motifs is 1. The highest BCUT2D eigenvalue weighted by molar-refractivity contribution is 8.18. The second kappa shape index (κ2) is 8.50. The summed E-state index contributed by atoms with van der Waals surface area (Å²) in [6.45, 7) is 5.00. The van der Waals surface area contributed by atoms with Gasteiger partial charge in [-0.25, -0.2) is 0 Å². The van der Waals surface area contributed by atoms with Crippen molar-refractivity contribution >= 4 is 39.8 Å². The zero-order valence-corrected chi connectivity index (χ0v) is 18.2. The third-order valence-electron chi connectivity index (χ3n) is 5.37. The third-order valence-corrected chi connectivity index (χ3v) is 6.28. The Labute approximate surface area is 180 Å². The smallest absolute Gasteiger partial charge is 0.293 e. The van der Waals surface area contributed by atoms with E-state index < -0.39 is 0 Å². The Bertz CT molecular complexity index is 1160. The summed E-state index contributed by atoms with van der Waals surface area (Å²) in [5, 5.41) is 2.14. The Morgan fingerprint density at radius 1 is 1.07 bits per heavy atom. The molecule has 154 valence electrons. The molecule has 1 aliphatic heterocycles. The largest absolute Gasteiger partial charge is 0.385 e. The Balaban J connectivity index is 1.69. The van der Waals surface area contributed by atoms with Crippen molar-refractivity contribution in [2.75, 3.05) is 20.3 Å². The van der Waals surface area contributed by atoms with Gasteiger partial charge >= 0.3 is 0 Å². The molecule has 1 aliphatic rings. The summed E-state index contributed by atoms with van der Waals surface area (Å²) in [6, 6.07) is 16.6. The van der Waals surface area contributed by atoms with Gasteiger partial charge in [-0.05, 0) is 61.2 Å². The van der Waals surface area contributed by atoms with Gasteiger partial charge in [-0.1, -0.05) is 36.4 Å². The number of amides is 2. The minimum atomic E-state index is -0.226. The molecule has 2 amide bonds. The summed E-state index contributed by atoms with van der Waals surface area (Å²) in [6.07, 6.45) is 2.47. The minimum Gasteiger partial charge on any atom is -0.385 e. The summed E-state index contributed by atoms with van der Waals surface area (Å²) in [5.74, 6) is -0.226. The summed E-state index contributed by atoms with van der Waals surface area (Å²) in [5.41, 5.74) is 4.17. The molecule has 2 aromatic carbocycles. The number of imide groups is 1. The van der Waals surface area contributed by atoms with Crippen LogP contribution in [-0.4, -0.2) is 40.9 Å². The van der Waals surface area contributed by atoms with E-state index in [9.17, 15) is 9.59 Å². The Morgan fingerprint density at radius 2 is 1.83 bits per heavy atom. The first-order valence-corrected chi connectivity index (χ1v) is 10.7. The number of rotatable bonds is 6. The number of hydrogen-bond acceptors (Lipinski definition) is 4. The van der Waals surface area contributed by atoms with Gasteiger partial charge in [0.25, 0.3) is 11.1 Å². The quantitative estimate of drug-likeness (QED) is 0.400. The molecule has 0 unspecified atom stereocenters. The number of hydrogen-bond donors (Lipinski definition) is 0. The first-order chi connectivity index (χ1) is 14.5. The molecule has 30 heavy (non-hydrogen) atoms. The molecule has 6 heteroatoms. The molecule has 0 saturated carbocycles. The van der Waals surface area contributed by atoms with Crippen molar-refractivity contribution < 1.29 is 14.3 Å². The monoisotopic (exact) mass is 420 g/mol. The predicted molar refractivity (Wildman–Crippen MR) is 122 cm³/mol. The molecule has 0 bridgehead atoms. The van der Waals surface area contributed by atoms with Crippen molar-refractivity contribution in [3.05, 3.63) is 70.4 Å². The third kappa shape index (κ3) is 3.68. The van der Waals surface area contributed by atoms with Gasteiger partial charge in [-0.2, -0.15) is 0 Å². The molecule has 0 aliphatic carbocycles. The molecule has 0 radical (unpaired) electrons. The fraction of sp³-hybridized carbons (Fsp3) is 0.250. The van der Waals surface area contributed by atoms with Crippen LogP contribution in [0.3, 0.4) is 0 Å². The zero-order valence-electron chi connectivity index (χ0n) is 17.3. The maximum atomic E-state index is 12.7. The number of carbonyl (C=O) groups is 2. The van der Waals surface area contributed by atoms with Crippen LogP contribution in [0, 0.1) is 13.8 Å². The van der Waals surface area contributed by atoms with Gasteiger partial charge < -0.3 is 9.30 Å². The van der Waals surface area contributed by atoms with Crippen molar-refractivity contribution in [2.24, 2.45) is 0 Å². The van der Waals surface area contributed by atoms with Gasteiger partial charge in [0, 0.05) is 37.0 Å². The highest BCUT2D eigenvalue weighted by Crippen LogP contribution is 2.34. The van der Waals surface area contributed by atoms with Crippen LogP contribution in [0.2, 0.25) is 0 Å². The van der Waals surface area contributed by atoms with E-state index in [2.05, 4.69) is 47.9 Å². The lowest BCUT2D eigenvalue weighted by Crippen LogP contribution is -2.29. The van der Waals surface area contributed by atoms with E-state index in [-0.39, 0.29) is 11.1 Å². The number of thioether (sulfide) groups is 1. The normalized spacial score (nSPS) is 15.7. The highest BCUT2D eigenvalue weighted by Gasteiger charge is 2.34. The first kappa shape index (κ1) is 20.4. The lowest BCUT2D eigenvalue weighted by molar-refractivity contribution is -0.122. The first-order valence-electron chi connectivity index (χ1n) is 9.92. The van der Waals surface area contributed by atoms with Crippen LogP contribution >= 0.6 is 11.8 Å². The van der Waals surface area contributed by atoms with Gasteiger partial charge in [0.1, 0.15) is 0 Å². The lowest BCUT2D eigenvalue weighted by atomic mass is 10.1. The topological polar surface area (TPSA) is 51.5 Å². The number of methoxy groups -OCH3 is 1. The molecular weight excluding hydrogens is 396 g/mol. The average molecular weight is 421 g/mol. The second-order valence-electron chi connectivity index (χ2n) is 7.34. The van der Waals surface area contributed by atoms with E-state index >= 15 is 0 Å². The van der Waals surface area contributed by atoms with E-state index in [0.717, 1.165) is 34.4 Å². The molecule has 1 fully saturated rings. The maximum Gasteiger partial charge on any atom is 0.293 e. The summed E-state index contributed by atoms with van der Waals surface area (Å²) >= 11 is 1.01.